The first-order valence-corrected chi connectivity index (χ1v) is 9.41. The highest BCUT2D eigenvalue weighted by Gasteiger charge is 2.12. The van der Waals surface area contributed by atoms with Crippen molar-refractivity contribution in [3.05, 3.63) is 83.4 Å². The highest BCUT2D eigenvalue weighted by atomic mass is 16.7. The second-order valence-electron chi connectivity index (χ2n) is 6.57. The van der Waals surface area contributed by atoms with Crippen LogP contribution in [0.4, 0.5) is 5.69 Å². The van der Waals surface area contributed by atoms with E-state index in [1.165, 1.54) is 6.21 Å². The van der Waals surface area contributed by atoms with E-state index in [-0.39, 0.29) is 18.6 Å². The minimum absolute atomic E-state index is 0.198. The Bertz CT molecular complexity index is 1120. The Balaban J connectivity index is 1.32. The maximum absolute atomic E-state index is 12.3. The third-order valence-corrected chi connectivity index (χ3v) is 4.53. The average molecular weight is 417 g/mol. The van der Waals surface area contributed by atoms with Crippen molar-refractivity contribution in [2.45, 2.75) is 0 Å². The molecule has 31 heavy (non-hydrogen) atoms. The molecule has 0 unspecified atom stereocenters. The number of fused-ring (bicyclic) bond motifs is 1. The minimum atomic E-state index is -0.370. The number of nitrogens with one attached hydrogen (secondary N) is 2. The summed E-state index contributed by atoms with van der Waals surface area (Å²) in [5.74, 6) is 1.37. The molecule has 2 N–H and O–H groups in total. The van der Waals surface area contributed by atoms with Crippen molar-refractivity contribution in [3.63, 3.8) is 0 Å². The van der Waals surface area contributed by atoms with Gasteiger partial charge < -0.3 is 19.5 Å². The fourth-order valence-electron chi connectivity index (χ4n) is 2.87. The molecular weight excluding hydrogens is 398 g/mol. The number of benzene rings is 3. The van der Waals surface area contributed by atoms with Crippen LogP contribution in [0, 0.1) is 0 Å². The van der Waals surface area contributed by atoms with E-state index in [0.29, 0.717) is 34.1 Å². The van der Waals surface area contributed by atoms with Gasteiger partial charge >= 0.3 is 0 Å². The summed E-state index contributed by atoms with van der Waals surface area (Å²) in [5, 5.41) is 6.75. The lowest BCUT2D eigenvalue weighted by Crippen LogP contribution is -2.17. The number of hydrazone groups is 1. The van der Waals surface area contributed by atoms with Crippen LogP contribution < -0.4 is 25.0 Å². The third-order valence-electron chi connectivity index (χ3n) is 4.53. The Morgan fingerprint density at radius 2 is 1.58 bits per heavy atom. The van der Waals surface area contributed by atoms with E-state index in [1.807, 2.05) is 6.07 Å². The Morgan fingerprint density at radius 3 is 2.32 bits per heavy atom. The summed E-state index contributed by atoms with van der Waals surface area (Å²) < 4.78 is 15.6. The molecule has 0 aromatic heterocycles. The van der Waals surface area contributed by atoms with Gasteiger partial charge in [0.1, 0.15) is 5.75 Å². The fourth-order valence-corrected chi connectivity index (χ4v) is 2.87. The first-order chi connectivity index (χ1) is 15.1. The van der Waals surface area contributed by atoms with Crippen LogP contribution in [0.3, 0.4) is 0 Å². The number of amides is 2. The molecule has 8 nitrogen and oxygen atoms in total. The van der Waals surface area contributed by atoms with E-state index < -0.39 is 0 Å². The Labute approximate surface area is 178 Å². The van der Waals surface area contributed by atoms with Crippen LogP contribution in [0.15, 0.2) is 71.8 Å². The monoisotopic (exact) mass is 417 g/mol. The summed E-state index contributed by atoms with van der Waals surface area (Å²) in [6.45, 7) is 0.198. The molecule has 156 valence electrons. The molecule has 2 amide bonds. The Kier molecular flexibility index (Phi) is 5.79. The van der Waals surface area contributed by atoms with Crippen molar-refractivity contribution < 1.29 is 23.8 Å². The molecule has 0 saturated heterocycles. The standard InChI is InChI=1S/C23H19N3O5/c1-29-19-9-5-16(6-10-19)22(27)25-18-7-3-17(4-8-18)23(28)26-24-13-15-2-11-20-21(12-15)31-14-30-20/h2-13H,14H2,1H3,(H,25,27)(H,26,28)/b24-13-. The maximum atomic E-state index is 12.3. The number of rotatable bonds is 6. The highest BCUT2D eigenvalue weighted by Crippen LogP contribution is 2.31. The zero-order valence-corrected chi connectivity index (χ0v) is 16.6. The number of carbonyl (C=O) groups is 2. The lowest BCUT2D eigenvalue weighted by atomic mass is 10.1. The molecule has 0 bridgehead atoms. The lowest BCUT2D eigenvalue weighted by molar-refractivity contribution is 0.0954. The SMILES string of the molecule is COc1ccc(C(=O)Nc2ccc(C(=O)N/N=C\c3ccc4c(c3)OCO4)cc2)cc1. The molecule has 1 heterocycles. The predicted molar refractivity (Wildman–Crippen MR) is 115 cm³/mol. The van der Waals surface area contributed by atoms with Gasteiger partial charge in [-0.3, -0.25) is 9.59 Å². The van der Waals surface area contributed by atoms with Gasteiger partial charge in [0.25, 0.3) is 11.8 Å². The Morgan fingerprint density at radius 1 is 0.903 bits per heavy atom. The number of hydrogen-bond donors (Lipinski definition) is 2. The summed E-state index contributed by atoms with van der Waals surface area (Å²) >= 11 is 0. The summed E-state index contributed by atoms with van der Waals surface area (Å²) in [5.41, 5.74) is 4.71. The van der Waals surface area contributed by atoms with Crippen LogP contribution in [-0.4, -0.2) is 31.9 Å². The molecule has 0 fully saturated rings. The quantitative estimate of drug-likeness (QED) is 0.473. The van der Waals surface area contributed by atoms with Crippen molar-refractivity contribution in [2.24, 2.45) is 5.10 Å². The van der Waals surface area contributed by atoms with E-state index in [1.54, 1.807) is 67.8 Å². The van der Waals surface area contributed by atoms with Gasteiger partial charge in [-0.2, -0.15) is 5.10 Å². The number of methoxy groups -OCH3 is 1. The smallest absolute Gasteiger partial charge is 0.271 e. The third kappa shape index (κ3) is 4.81. The van der Waals surface area contributed by atoms with Gasteiger partial charge in [-0.15, -0.1) is 0 Å². The van der Waals surface area contributed by atoms with Gasteiger partial charge in [-0.25, -0.2) is 5.43 Å². The van der Waals surface area contributed by atoms with Gasteiger partial charge in [0.2, 0.25) is 6.79 Å². The lowest BCUT2D eigenvalue weighted by Gasteiger charge is -2.07. The summed E-state index contributed by atoms with van der Waals surface area (Å²) in [6, 6.07) is 18.7. The molecular formula is C23H19N3O5. The molecule has 0 saturated carbocycles. The van der Waals surface area contributed by atoms with E-state index >= 15 is 0 Å². The summed E-state index contributed by atoms with van der Waals surface area (Å²) in [4.78, 5) is 24.6. The second kappa shape index (κ2) is 9.00. The molecule has 3 aromatic carbocycles. The Hall–Kier alpha value is -4.33. The largest absolute Gasteiger partial charge is 0.497 e. The van der Waals surface area contributed by atoms with Gasteiger partial charge in [-0.05, 0) is 72.3 Å². The number of hydrogen-bond acceptors (Lipinski definition) is 6. The number of nitrogens with zero attached hydrogens (tertiary/aromatic N) is 1. The maximum Gasteiger partial charge on any atom is 0.271 e. The van der Waals surface area contributed by atoms with Crippen molar-refractivity contribution in [2.75, 3.05) is 19.2 Å². The zero-order valence-electron chi connectivity index (χ0n) is 16.6. The molecule has 0 aliphatic carbocycles. The van der Waals surface area contributed by atoms with Crippen molar-refractivity contribution in [3.8, 4) is 17.2 Å². The van der Waals surface area contributed by atoms with E-state index in [0.717, 1.165) is 5.56 Å². The average Bonchev–Trinajstić information content (AvgIpc) is 3.27. The van der Waals surface area contributed by atoms with Crippen LogP contribution in [0.2, 0.25) is 0 Å². The van der Waals surface area contributed by atoms with E-state index in [2.05, 4.69) is 15.8 Å². The molecule has 0 atom stereocenters. The summed E-state index contributed by atoms with van der Waals surface area (Å²) in [6.07, 6.45) is 1.52. The number of ether oxygens (including phenoxy) is 3. The normalized spacial score (nSPS) is 11.9. The van der Waals surface area contributed by atoms with E-state index in [9.17, 15) is 9.59 Å². The van der Waals surface area contributed by atoms with Gasteiger partial charge in [0.15, 0.2) is 11.5 Å². The molecule has 4 rings (SSSR count). The molecule has 1 aliphatic rings. The zero-order chi connectivity index (χ0) is 21.6. The number of carbonyl (C=O) groups excluding carboxylic acids is 2. The molecule has 1 aliphatic heterocycles. The highest BCUT2D eigenvalue weighted by molar-refractivity contribution is 6.04. The summed E-state index contributed by atoms with van der Waals surface area (Å²) in [7, 11) is 1.56. The van der Waals surface area contributed by atoms with Crippen molar-refractivity contribution >= 4 is 23.7 Å². The topological polar surface area (TPSA) is 98.2 Å². The molecule has 0 spiro atoms. The second-order valence-corrected chi connectivity index (χ2v) is 6.57. The van der Waals surface area contributed by atoms with Crippen LogP contribution in [0.25, 0.3) is 0 Å². The van der Waals surface area contributed by atoms with Crippen molar-refractivity contribution in [1.82, 2.24) is 5.43 Å². The van der Waals surface area contributed by atoms with Crippen LogP contribution in [0.1, 0.15) is 26.3 Å². The predicted octanol–water partition coefficient (Wildman–Crippen LogP) is 3.44. The van der Waals surface area contributed by atoms with Gasteiger partial charge in [0.05, 0.1) is 13.3 Å². The van der Waals surface area contributed by atoms with Gasteiger partial charge in [-0.1, -0.05) is 0 Å². The van der Waals surface area contributed by atoms with Crippen molar-refractivity contribution in [1.29, 1.82) is 0 Å². The van der Waals surface area contributed by atoms with Crippen LogP contribution >= 0.6 is 0 Å². The van der Waals surface area contributed by atoms with Crippen LogP contribution in [0.5, 0.6) is 17.2 Å². The minimum Gasteiger partial charge on any atom is -0.497 e. The van der Waals surface area contributed by atoms with E-state index in [4.69, 9.17) is 14.2 Å². The number of anilines is 1. The molecule has 0 radical (unpaired) electrons. The van der Waals surface area contributed by atoms with Gasteiger partial charge in [0, 0.05) is 16.8 Å². The first kappa shape index (κ1) is 20.0. The molecule has 3 aromatic rings. The first-order valence-electron chi connectivity index (χ1n) is 9.41. The fraction of sp³-hybridized carbons (Fsp3) is 0.0870. The molecule has 8 heteroatoms. The van der Waals surface area contributed by atoms with Crippen LogP contribution in [-0.2, 0) is 0 Å².